The van der Waals surface area contributed by atoms with Crippen molar-refractivity contribution >= 4 is 11.6 Å². The summed E-state index contributed by atoms with van der Waals surface area (Å²) in [5.74, 6) is 0.552. The van der Waals surface area contributed by atoms with Crippen molar-refractivity contribution in [1.82, 2.24) is 5.32 Å². The summed E-state index contributed by atoms with van der Waals surface area (Å²) in [6.45, 7) is 0.457. The summed E-state index contributed by atoms with van der Waals surface area (Å²) in [7, 11) is 0. The highest BCUT2D eigenvalue weighted by molar-refractivity contribution is 5.95. The molecule has 0 aromatic heterocycles. The Kier molecular flexibility index (Phi) is 5.36. The van der Waals surface area contributed by atoms with E-state index in [-0.39, 0.29) is 5.91 Å². The molecule has 0 aliphatic heterocycles. The second kappa shape index (κ2) is 7.86. The summed E-state index contributed by atoms with van der Waals surface area (Å²) in [6.07, 6.45) is 5.80. The van der Waals surface area contributed by atoms with Crippen molar-refractivity contribution in [2.75, 3.05) is 5.73 Å². The van der Waals surface area contributed by atoms with E-state index >= 15 is 0 Å². The zero-order valence-corrected chi connectivity index (χ0v) is 13.8. The van der Waals surface area contributed by atoms with E-state index in [1.165, 1.54) is 19.3 Å². The first-order chi connectivity index (χ1) is 11.7. The van der Waals surface area contributed by atoms with Crippen LogP contribution in [0.1, 0.15) is 48.0 Å². The molecular formula is C20H24N2O2. The number of ether oxygens (including phenoxy) is 1. The van der Waals surface area contributed by atoms with Crippen molar-refractivity contribution in [3.05, 3.63) is 59.7 Å². The molecule has 0 bridgehead atoms. The highest BCUT2D eigenvalue weighted by Gasteiger charge is 2.17. The summed E-state index contributed by atoms with van der Waals surface area (Å²) in [4.78, 5) is 12.3. The van der Waals surface area contributed by atoms with Crippen molar-refractivity contribution in [2.45, 2.75) is 44.8 Å². The molecule has 0 saturated heterocycles. The summed E-state index contributed by atoms with van der Waals surface area (Å²) in [6, 6.07) is 15.5. The molecule has 1 saturated carbocycles. The van der Waals surface area contributed by atoms with Crippen LogP contribution in [-0.2, 0) is 6.61 Å². The fourth-order valence-corrected chi connectivity index (χ4v) is 3.07. The van der Waals surface area contributed by atoms with Crippen LogP contribution in [0.2, 0.25) is 0 Å². The average molecular weight is 324 g/mol. The van der Waals surface area contributed by atoms with E-state index in [4.69, 9.17) is 10.5 Å². The highest BCUT2D eigenvalue weighted by Crippen LogP contribution is 2.24. The Hall–Kier alpha value is -2.49. The van der Waals surface area contributed by atoms with Crippen LogP contribution in [0.5, 0.6) is 5.75 Å². The zero-order chi connectivity index (χ0) is 16.8. The maximum atomic E-state index is 12.3. The molecule has 126 valence electrons. The smallest absolute Gasteiger partial charge is 0.251 e. The van der Waals surface area contributed by atoms with E-state index in [0.29, 0.717) is 29.6 Å². The predicted molar refractivity (Wildman–Crippen MR) is 96.0 cm³/mol. The molecule has 0 atom stereocenters. The molecule has 4 heteroatoms. The third-order valence-electron chi connectivity index (χ3n) is 4.45. The highest BCUT2D eigenvalue weighted by atomic mass is 16.5. The van der Waals surface area contributed by atoms with E-state index in [0.717, 1.165) is 18.4 Å². The first-order valence-corrected chi connectivity index (χ1v) is 8.59. The topological polar surface area (TPSA) is 64.4 Å². The van der Waals surface area contributed by atoms with Gasteiger partial charge in [-0.3, -0.25) is 4.79 Å². The molecular weight excluding hydrogens is 300 g/mol. The Balaban J connectivity index is 1.60. The standard InChI is InChI=1S/C20H24N2O2/c21-18-13-16(20(23)22-17-9-5-2-6-10-17)11-12-19(18)24-14-15-7-3-1-4-8-15/h1,3-4,7-8,11-13,17H,2,5-6,9-10,14,21H2,(H,22,23). The van der Waals surface area contributed by atoms with Crippen molar-refractivity contribution < 1.29 is 9.53 Å². The first kappa shape index (κ1) is 16.4. The van der Waals surface area contributed by atoms with Gasteiger partial charge in [0.1, 0.15) is 12.4 Å². The second-order valence-corrected chi connectivity index (χ2v) is 6.34. The Labute approximate surface area is 143 Å². The van der Waals surface area contributed by atoms with Gasteiger partial charge >= 0.3 is 0 Å². The third-order valence-corrected chi connectivity index (χ3v) is 4.45. The van der Waals surface area contributed by atoms with Crippen molar-refractivity contribution in [2.24, 2.45) is 0 Å². The number of hydrogen-bond donors (Lipinski definition) is 2. The van der Waals surface area contributed by atoms with Crippen LogP contribution >= 0.6 is 0 Å². The predicted octanol–water partition coefficient (Wildman–Crippen LogP) is 3.91. The number of nitrogen functional groups attached to an aromatic ring is 1. The van der Waals surface area contributed by atoms with Crippen LogP contribution < -0.4 is 15.8 Å². The number of carbonyl (C=O) groups is 1. The quantitative estimate of drug-likeness (QED) is 0.820. The van der Waals surface area contributed by atoms with Gasteiger partial charge in [-0.05, 0) is 36.6 Å². The zero-order valence-electron chi connectivity index (χ0n) is 13.8. The Morgan fingerprint density at radius 3 is 2.54 bits per heavy atom. The molecule has 0 spiro atoms. The molecule has 2 aromatic carbocycles. The van der Waals surface area contributed by atoms with Gasteiger partial charge in [0.05, 0.1) is 5.69 Å². The number of nitrogens with one attached hydrogen (secondary N) is 1. The van der Waals surface area contributed by atoms with Crippen LogP contribution in [0.4, 0.5) is 5.69 Å². The molecule has 1 aliphatic carbocycles. The summed E-state index contributed by atoms with van der Waals surface area (Å²) < 4.78 is 5.75. The van der Waals surface area contributed by atoms with Gasteiger partial charge in [0.25, 0.3) is 5.91 Å². The lowest BCUT2D eigenvalue weighted by molar-refractivity contribution is 0.0927. The van der Waals surface area contributed by atoms with E-state index < -0.39 is 0 Å². The fourth-order valence-electron chi connectivity index (χ4n) is 3.07. The molecule has 1 amide bonds. The largest absolute Gasteiger partial charge is 0.487 e. The SMILES string of the molecule is Nc1cc(C(=O)NC2CCCCC2)ccc1OCc1ccccc1. The number of benzene rings is 2. The molecule has 4 nitrogen and oxygen atoms in total. The van der Waals surface area contributed by atoms with Gasteiger partial charge in [-0.1, -0.05) is 49.6 Å². The van der Waals surface area contributed by atoms with Crippen molar-refractivity contribution in [3.8, 4) is 5.75 Å². The summed E-state index contributed by atoms with van der Waals surface area (Å²) in [5.41, 5.74) is 8.21. The second-order valence-electron chi connectivity index (χ2n) is 6.34. The lowest BCUT2D eigenvalue weighted by atomic mass is 9.95. The minimum atomic E-state index is -0.0526. The molecule has 24 heavy (non-hydrogen) atoms. The van der Waals surface area contributed by atoms with Gasteiger partial charge in [0.2, 0.25) is 0 Å². The molecule has 3 N–H and O–H groups in total. The monoisotopic (exact) mass is 324 g/mol. The molecule has 1 fully saturated rings. The minimum Gasteiger partial charge on any atom is -0.487 e. The molecule has 1 aliphatic rings. The number of carbonyl (C=O) groups excluding carboxylic acids is 1. The molecule has 3 rings (SSSR count). The van der Waals surface area contributed by atoms with Gasteiger partial charge < -0.3 is 15.8 Å². The lowest BCUT2D eigenvalue weighted by Gasteiger charge is -2.22. The van der Waals surface area contributed by atoms with E-state index in [9.17, 15) is 4.79 Å². The van der Waals surface area contributed by atoms with Gasteiger partial charge in [-0.2, -0.15) is 0 Å². The van der Waals surface area contributed by atoms with Crippen LogP contribution in [0.15, 0.2) is 48.5 Å². The maximum absolute atomic E-state index is 12.3. The molecule has 0 radical (unpaired) electrons. The van der Waals surface area contributed by atoms with Crippen LogP contribution in [0, 0.1) is 0 Å². The number of hydrogen-bond acceptors (Lipinski definition) is 3. The average Bonchev–Trinajstić information content (AvgIpc) is 2.62. The number of rotatable bonds is 5. The van der Waals surface area contributed by atoms with Crippen LogP contribution in [-0.4, -0.2) is 11.9 Å². The van der Waals surface area contributed by atoms with Crippen LogP contribution in [0.3, 0.4) is 0 Å². The van der Waals surface area contributed by atoms with Crippen LogP contribution in [0.25, 0.3) is 0 Å². The number of nitrogens with two attached hydrogens (primary N) is 1. The molecule has 0 unspecified atom stereocenters. The number of amides is 1. The van der Waals surface area contributed by atoms with Gasteiger partial charge in [0, 0.05) is 11.6 Å². The number of anilines is 1. The first-order valence-electron chi connectivity index (χ1n) is 8.59. The summed E-state index contributed by atoms with van der Waals surface area (Å²) >= 11 is 0. The molecule has 0 heterocycles. The van der Waals surface area contributed by atoms with E-state index in [1.54, 1.807) is 18.2 Å². The van der Waals surface area contributed by atoms with E-state index in [2.05, 4.69) is 5.32 Å². The lowest BCUT2D eigenvalue weighted by Crippen LogP contribution is -2.36. The maximum Gasteiger partial charge on any atom is 0.251 e. The Morgan fingerprint density at radius 1 is 1.08 bits per heavy atom. The molecule has 2 aromatic rings. The van der Waals surface area contributed by atoms with Crippen molar-refractivity contribution in [1.29, 1.82) is 0 Å². The van der Waals surface area contributed by atoms with Gasteiger partial charge in [0.15, 0.2) is 0 Å². The Morgan fingerprint density at radius 2 is 1.83 bits per heavy atom. The third kappa shape index (κ3) is 4.28. The van der Waals surface area contributed by atoms with Crippen molar-refractivity contribution in [3.63, 3.8) is 0 Å². The van der Waals surface area contributed by atoms with Gasteiger partial charge in [-0.15, -0.1) is 0 Å². The van der Waals surface area contributed by atoms with Gasteiger partial charge in [-0.25, -0.2) is 0 Å². The van der Waals surface area contributed by atoms with E-state index in [1.807, 2.05) is 30.3 Å². The Bertz CT molecular complexity index is 679. The minimum absolute atomic E-state index is 0.0526. The normalized spacial score (nSPS) is 15.0. The summed E-state index contributed by atoms with van der Waals surface area (Å²) in [5, 5.41) is 3.10. The fraction of sp³-hybridized carbons (Fsp3) is 0.350.